The van der Waals surface area contributed by atoms with Gasteiger partial charge in [0.1, 0.15) is 10.6 Å². The normalized spacial score (nSPS) is 24.4. The SMILES string of the molecule is CC1CCN(C(=O)c2cc(S(=O)(=O)N3CCC[C@@H](C(=O)NC4CCCCCC4)C3)c[nH]2)CC1. The number of nitrogens with one attached hydrogen (secondary N) is 2. The molecule has 8 nitrogen and oxygen atoms in total. The second kappa shape index (κ2) is 10.6. The predicted molar refractivity (Wildman–Crippen MR) is 126 cm³/mol. The number of H-pyrrole nitrogens is 1. The van der Waals surface area contributed by atoms with Gasteiger partial charge in [-0.3, -0.25) is 9.59 Å². The minimum Gasteiger partial charge on any atom is -0.356 e. The maximum Gasteiger partial charge on any atom is 0.270 e. The molecule has 0 radical (unpaired) electrons. The van der Waals surface area contributed by atoms with Crippen LogP contribution in [-0.4, -0.2) is 66.6 Å². The van der Waals surface area contributed by atoms with Crippen LogP contribution in [0.1, 0.15) is 81.6 Å². The second-order valence-corrected chi connectivity index (χ2v) is 12.1. The Morgan fingerprint density at radius 1 is 0.970 bits per heavy atom. The number of nitrogens with zero attached hydrogens (tertiary/aromatic N) is 2. The third-order valence-electron chi connectivity index (χ3n) is 7.55. The van der Waals surface area contributed by atoms with Gasteiger partial charge in [0.25, 0.3) is 5.91 Å². The molecule has 2 saturated heterocycles. The van der Waals surface area contributed by atoms with E-state index in [-0.39, 0.29) is 35.2 Å². The zero-order valence-electron chi connectivity index (χ0n) is 19.7. The summed E-state index contributed by atoms with van der Waals surface area (Å²) >= 11 is 0. The summed E-state index contributed by atoms with van der Waals surface area (Å²) in [7, 11) is -3.77. The first-order chi connectivity index (χ1) is 15.8. The molecule has 9 heteroatoms. The van der Waals surface area contributed by atoms with Crippen LogP contribution in [0.3, 0.4) is 0 Å². The fraction of sp³-hybridized carbons (Fsp3) is 0.750. The Kier molecular flexibility index (Phi) is 7.79. The first-order valence-electron chi connectivity index (χ1n) is 12.6. The first kappa shape index (κ1) is 24.3. The molecule has 1 aromatic heterocycles. The highest BCUT2D eigenvalue weighted by Gasteiger charge is 2.35. The van der Waals surface area contributed by atoms with Crippen molar-refractivity contribution in [3.8, 4) is 0 Å². The van der Waals surface area contributed by atoms with Crippen molar-refractivity contribution < 1.29 is 18.0 Å². The molecule has 2 aliphatic heterocycles. The minimum atomic E-state index is -3.77. The molecule has 3 fully saturated rings. The summed E-state index contributed by atoms with van der Waals surface area (Å²) in [5.74, 6) is 0.112. The average Bonchev–Trinajstić information content (AvgIpc) is 3.19. The number of likely N-dealkylation sites (tertiary alicyclic amines) is 1. The van der Waals surface area contributed by atoms with Crippen molar-refractivity contribution in [3.05, 3.63) is 18.0 Å². The lowest BCUT2D eigenvalue weighted by molar-refractivity contribution is -0.126. The summed E-state index contributed by atoms with van der Waals surface area (Å²) in [6.07, 6.45) is 11.4. The van der Waals surface area contributed by atoms with E-state index < -0.39 is 10.0 Å². The predicted octanol–water partition coefficient (Wildman–Crippen LogP) is 3.13. The molecule has 0 aromatic carbocycles. The van der Waals surface area contributed by atoms with Gasteiger partial charge >= 0.3 is 0 Å². The molecule has 1 atom stereocenters. The van der Waals surface area contributed by atoms with E-state index in [1.54, 1.807) is 4.90 Å². The molecule has 3 heterocycles. The van der Waals surface area contributed by atoms with Crippen molar-refractivity contribution in [2.45, 2.75) is 82.1 Å². The van der Waals surface area contributed by atoms with Crippen molar-refractivity contribution in [1.82, 2.24) is 19.5 Å². The average molecular weight is 479 g/mol. The molecule has 0 bridgehead atoms. The molecule has 1 aliphatic carbocycles. The lowest BCUT2D eigenvalue weighted by atomic mass is 9.97. The summed E-state index contributed by atoms with van der Waals surface area (Å²) in [5.41, 5.74) is 0.308. The molecule has 0 spiro atoms. The standard InChI is InChI=1S/C24H38N4O4S/c1-18-10-13-27(14-11-18)24(30)22-15-21(16-25-22)33(31,32)28-12-6-7-19(17-28)23(29)26-20-8-4-2-3-5-9-20/h15-16,18-20,25H,2-14,17H2,1H3,(H,26,29)/t19-/m1/s1. The van der Waals surface area contributed by atoms with Crippen LogP contribution in [0, 0.1) is 11.8 Å². The van der Waals surface area contributed by atoms with Gasteiger partial charge in [-0.25, -0.2) is 8.42 Å². The van der Waals surface area contributed by atoms with E-state index in [1.165, 1.54) is 29.4 Å². The zero-order chi connectivity index (χ0) is 23.4. The smallest absolute Gasteiger partial charge is 0.270 e. The van der Waals surface area contributed by atoms with E-state index in [0.717, 1.165) is 38.5 Å². The van der Waals surface area contributed by atoms with Crippen molar-refractivity contribution in [1.29, 1.82) is 0 Å². The maximum absolute atomic E-state index is 13.3. The molecule has 1 saturated carbocycles. The van der Waals surface area contributed by atoms with Crippen LogP contribution in [0.5, 0.6) is 0 Å². The number of aromatic nitrogens is 1. The van der Waals surface area contributed by atoms with Gasteiger partial charge < -0.3 is 15.2 Å². The van der Waals surface area contributed by atoms with Crippen molar-refractivity contribution in [2.75, 3.05) is 26.2 Å². The number of amides is 2. The van der Waals surface area contributed by atoms with E-state index in [9.17, 15) is 18.0 Å². The number of carbonyl (C=O) groups excluding carboxylic acids is 2. The Morgan fingerprint density at radius 3 is 2.36 bits per heavy atom. The molecule has 2 amide bonds. The van der Waals surface area contributed by atoms with Gasteiger partial charge in [-0.05, 0) is 50.5 Å². The van der Waals surface area contributed by atoms with Gasteiger partial charge in [0.15, 0.2) is 0 Å². The van der Waals surface area contributed by atoms with Crippen LogP contribution >= 0.6 is 0 Å². The van der Waals surface area contributed by atoms with E-state index in [1.807, 2.05) is 0 Å². The number of sulfonamides is 1. The van der Waals surface area contributed by atoms with Crippen LogP contribution in [-0.2, 0) is 14.8 Å². The number of hydrogen-bond donors (Lipinski definition) is 2. The molecule has 2 N–H and O–H groups in total. The third-order valence-corrected chi connectivity index (χ3v) is 9.39. The van der Waals surface area contributed by atoms with Crippen LogP contribution in [0.4, 0.5) is 0 Å². The Balaban J connectivity index is 1.38. The molecule has 33 heavy (non-hydrogen) atoms. The summed E-state index contributed by atoms with van der Waals surface area (Å²) in [6.45, 7) is 4.17. The van der Waals surface area contributed by atoms with Gasteiger partial charge in [0.05, 0.1) is 5.92 Å². The lowest BCUT2D eigenvalue weighted by Gasteiger charge is -2.32. The van der Waals surface area contributed by atoms with E-state index in [0.29, 0.717) is 44.1 Å². The Bertz CT molecular complexity index is 928. The summed E-state index contributed by atoms with van der Waals surface area (Å²) in [6, 6.07) is 1.66. The topological polar surface area (TPSA) is 103 Å². The van der Waals surface area contributed by atoms with E-state index in [4.69, 9.17) is 0 Å². The fourth-order valence-corrected chi connectivity index (χ4v) is 6.81. The number of piperidine rings is 2. The first-order valence-corrected chi connectivity index (χ1v) is 14.1. The number of carbonyl (C=O) groups is 2. The highest BCUT2D eigenvalue weighted by Crippen LogP contribution is 2.26. The molecule has 3 aliphatic rings. The van der Waals surface area contributed by atoms with Gasteiger partial charge in [0, 0.05) is 38.4 Å². The van der Waals surface area contributed by atoms with Gasteiger partial charge in [-0.15, -0.1) is 0 Å². The summed E-state index contributed by atoms with van der Waals surface area (Å²) in [5, 5.41) is 3.18. The Labute approximate surface area is 197 Å². The molecular weight excluding hydrogens is 440 g/mol. The molecule has 184 valence electrons. The second-order valence-electron chi connectivity index (χ2n) is 10.1. The minimum absolute atomic E-state index is 0.0222. The maximum atomic E-state index is 13.3. The van der Waals surface area contributed by atoms with Crippen molar-refractivity contribution in [2.24, 2.45) is 11.8 Å². The number of hydrogen-bond acceptors (Lipinski definition) is 4. The van der Waals surface area contributed by atoms with Crippen LogP contribution in [0.2, 0.25) is 0 Å². The van der Waals surface area contributed by atoms with E-state index in [2.05, 4.69) is 17.2 Å². The highest BCUT2D eigenvalue weighted by molar-refractivity contribution is 7.89. The van der Waals surface area contributed by atoms with Crippen molar-refractivity contribution in [3.63, 3.8) is 0 Å². The molecule has 1 aromatic rings. The Hall–Kier alpha value is -1.87. The molecule has 0 unspecified atom stereocenters. The van der Waals surface area contributed by atoms with E-state index >= 15 is 0 Å². The van der Waals surface area contributed by atoms with Crippen LogP contribution in [0.25, 0.3) is 0 Å². The zero-order valence-corrected chi connectivity index (χ0v) is 20.5. The monoisotopic (exact) mass is 478 g/mol. The largest absolute Gasteiger partial charge is 0.356 e. The highest BCUT2D eigenvalue weighted by atomic mass is 32.2. The van der Waals surface area contributed by atoms with Gasteiger partial charge in [0.2, 0.25) is 15.9 Å². The number of aromatic amines is 1. The van der Waals surface area contributed by atoms with Crippen molar-refractivity contribution >= 4 is 21.8 Å². The van der Waals surface area contributed by atoms with Gasteiger partial charge in [-0.2, -0.15) is 4.31 Å². The fourth-order valence-electron chi connectivity index (χ4n) is 5.30. The Morgan fingerprint density at radius 2 is 1.67 bits per heavy atom. The van der Waals surface area contributed by atoms with Crippen LogP contribution < -0.4 is 5.32 Å². The quantitative estimate of drug-likeness (QED) is 0.635. The third kappa shape index (κ3) is 5.80. The molecule has 4 rings (SSSR count). The van der Waals surface area contributed by atoms with Gasteiger partial charge in [-0.1, -0.05) is 32.6 Å². The lowest BCUT2D eigenvalue weighted by Crippen LogP contribution is -2.47. The molecular formula is C24H38N4O4S. The summed E-state index contributed by atoms with van der Waals surface area (Å²) in [4.78, 5) is 30.5. The summed E-state index contributed by atoms with van der Waals surface area (Å²) < 4.78 is 28.0. The van der Waals surface area contributed by atoms with Crippen LogP contribution in [0.15, 0.2) is 17.2 Å². The number of rotatable bonds is 5.